The molecule has 0 rings (SSSR count). The first kappa shape index (κ1) is 18.8. The van der Waals surface area contributed by atoms with Crippen LogP contribution < -0.4 is 9.44 Å². The van der Waals surface area contributed by atoms with Crippen LogP contribution in [0.2, 0.25) is 0 Å². The highest BCUT2D eigenvalue weighted by Crippen LogP contribution is 2.07. The van der Waals surface area contributed by atoms with E-state index in [0.29, 0.717) is 12.8 Å². The van der Waals surface area contributed by atoms with Gasteiger partial charge in [0.05, 0.1) is 13.2 Å². The first-order valence-electron chi connectivity index (χ1n) is 6.71. The minimum Gasteiger partial charge on any atom is -0.395 e. The lowest BCUT2D eigenvalue weighted by Crippen LogP contribution is -2.49. The highest BCUT2D eigenvalue weighted by molar-refractivity contribution is 7.87. The average molecular weight is 296 g/mol. The van der Waals surface area contributed by atoms with E-state index in [2.05, 4.69) is 9.44 Å². The van der Waals surface area contributed by atoms with Gasteiger partial charge in [0.2, 0.25) is 0 Å². The van der Waals surface area contributed by atoms with Gasteiger partial charge in [0, 0.05) is 12.1 Å². The van der Waals surface area contributed by atoms with Crippen LogP contribution in [0.3, 0.4) is 0 Å². The van der Waals surface area contributed by atoms with E-state index in [1.54, 1.807) is 0 Å². The van der Waals surface area contributed by atoms with E-state index in [4.69, 9.17) is 0 Å². The Bertz CT molecular complexity index is 305. The second-order valence-corrected chi connectivity index (χ2v) is 7.24. The standard InChI is InChI=1S/C12H28N2O4S/c1-9(2)5-11(7-15)13-19(17,18)14-12(8-16)6-10(3)4/h9-16H,5-8H2,1-4H3/t11-,12-/m0/s1. The molecule has 4 N–H and O–H groups in total. The number of nitrogens with one attached hydrogen (secondary N) is 2. The van der Waals surface area contributed by atoms with E-state index in [9.17, 15) is 18.6 Å². The van der Waals surface area contributed by atoms with Gasteiger partial charge in [0.1, 0.15) is 0 Å². The molecule has 0 aromatic heterocycles. The number of rotatable bonds is 10. The Hall–Kier alpha value is -0.210. The molecular formula is C12H28N2O4S. The van der Waals surface area contributed by atoms with Gasteiger partial charge in [0.25, 0.3) is 10.2 Å². The molecule has 7 heteroatoms. The lowest BCUT2D eigenvalue weighted by molar-refractivity contribution is 0.232. The van der Waals surface area contributed by atoms with Crippen LogP contribution >= 0.6 is 0 Å². The molecule has 0 saturated carbocycles. The molecule has 0 aromatic carbocycles. The van der Waals surface area contributed by atoms with E-state index in [1.807, 2.05) is 27.7 Å². The maximum atomic E-state index is 11.9. The monoisotopic (exact) mass is 296 g/mol. The fourth-order valence-corrected chi connectivity index (χ4v) is 3.22. The van der Waals surface area contributed by atoms with Crippen LogP contribution in [0.25, 0.3) is 0 Å². The van der Waals surface area contributed by atoms with Crippen molar-refractivity contribution >= 4 is 10.2 Å². The second kappa shape index (κ2) is 8.86. The summed E-state index contributed by atoms with van der Waals surface area (Å²) < 4.78 is 28.6. The molecule has 0 aromatic rings. The van der Waals surface area contributed by atoms with Crippen molar-refractivity contribution < 1.29 is 18.6 Å². The van der Waals surface area contributed by atoms with Gasteiger partial charge in [0.15, 0.2) is 0 Å². The minimum absolute atomic E-state index is 0.243. The first-order chi connectivity index (χ1) is 8.70. The molecule has 0 heterocycles. The van der Waals surface area contributed by atoms with Crippen LogP contribution in [0.1, 0.15) is 40.5 Å². The van der Waals surface area contributed by atoms with Crippen molar-refractivity contribution in [2.45, 2.75) is 52.6 Å². The van der Waals surface area contributed by atoms with Crippen molar-refractivity contribution in [2.75, 3.05) is 13.2 Å². The van der Waals surface area contributed by atoms with Crippen LogP contribution in [0.4, 0.5) is 0 Å². The fraction of sp³-hybridized carbons (Fsp3) is 1.00. The quantitative estimate of drug-likeness (QED) is 0.463. The summed E-state index contributed by atoms with van der Waals surface area (Å²) in [5.74, 6) is 0.563. The Morgan fingerprint density at radius 1 is 0.842 bits per heavy atom. The molecule has 19 heavy (non-hydrogen) atoms. The molecule has 6 nitrogen and oxygen atoms in total. The summed E-state index contributed by atoms with van der Waals surface area (Å²) in [6.45, 7) is 7.35. The van der Waals surface area contributed by atoms with Crippen LogP contribution in [-0.2, 0) is 10.2 Å². The fourth-order valence-electron chi connectivity index (χ4n) is 1.93. The molecule has 0 fully saturated rings. The predicted octanol–water partition coefficient (Wildman–Crippen LogP) is 0.224. The molecule has 0 saturated heterocycles. The van der Waals surface area contributed by atoms with E-state index < -0.39 is 22.3 Å². The zero-order valence-electron chi connectivity index (χ0n) is 12.3. The molecular weight excluding hydrogens is 268 g/mol. The van der Waals surface area contributed by atoms with E-state index in [0.717, 1.165) is 0 Å². The number of hydrogen-bond donors (Lipinski definition) is 4. The van der Waals surface area contributed by atoms with E-state index >= 15 is 0 Å². The summed E-state index contributed by atoms with van der Waals surface area (Å²) in [5, 5.41) is 18.3. The molecule has 0 aliphatic carbocycles. The largest absolute Gasteiger partial charge is 0.395 e. The summed E-state index contributed by atoms with van der Waals surface area (Å²) in [5.41, 5.74) is 0. The SMILES string of the molecule is CC(C)C[C@@H](CO)NS(=O)(=O)N[C@H](CO)CC(C)C. The smallest absolute Gasteiger partial charge is 0.277 e. The predicted molar refractivity (Wildman–Crippen MR) is 75.8 cm³/mol. The van der Waals surface area contributed by atoms with Gasteiger partial charge in [-0.2, -0.15) is 17.9 Å². The van der Waals surface area contributed by atoms with Gasteiger partial charge in [-0.25, -0.2) is 0 Å². The summed E-state index contributed by atoms with van der Waals surface area (Å²) in [6.07, 6.45) is 1.12. The zero-order valence-corrected chi connectivity index (χ0v) is 13.1. The van der Waals surface area contributed by atoms with Crippen molar-refractivity contribution in [3.63, 3.8) is 0 Å². The number of aliphatic hydroxyl groups is 2. The first-order valence-corrected chi connectivity index (χ1v) is 8.19. The Labute approximate surface area is 116 Å². The van der Waals surface area contributed by atoms with Crippen LogP contribution in [0.15, 0.2) is 0 Å². The number of hydrogen-bond acceptors (Lipinski definition) is 4. The number of aliphatic hydroxyl groups excluding tert-OH is 2. The van der Waals surface area contributed by atoms with Crippen molar-refractivity contribution in [1.82, 2.24) is 9.44 Å². The zero-order chi connectivity index (χ0) is 15.1. The average Bonchev–Trinajstić information content (AvgIpc) is 2.25. The molecule has 116 valence electrons. The maximum absolute atomic E-state index is 11.9. The molecule has 0 unspecified atom stereocenters. The van der Waals surface area contributed by atoms with E-state index in [-0.39, 0.29) is 25.0 Å². The Morgan fingerprint density at radius 2 is 1.16 bits per heavy atom. The summed E-state index contributed by atoms with van der Waals surface area (Å²) >= 11 is 0. The minimum atomic E-state index is -3.72. The third-order valence-electron chi connectivity index (χ3n) is 2.60. The molecule has 0 radical (unpaired) electrons. The Morgan fingerprint density at radius 3 is 1.37 bits per heavy atom. The van der Waals surface area contributed by atoms with Crippen molar-refractivity contribution in [3.05, 3.63) is 0 Å². The van der Waals surface area contributed by atoms with Gasteiger partial charge >= 0.3 is 0 Å². The van der Waals surface area contributed by atoms with Crippen LogP contribution in [-0.4, -0.2) is 43.9 Å². The summed E-state index contributed by atoms with van der Waals surface area (Å²) in [6, 6.07) is -1.01. The second-order valence-electron chi connectivity index (χ2n) is 5.76. The molecule has 2 atom stereocenters. The molecule has 0 aliphatic rings. The van der Waals surface area contributed by atoms with Crippen molar-refractivity contribution in [3.8, 4) is 0 Å². The molecule has 0 spiro atoms. The topological polar surface area (TPSA) is 98.7 Å². The third-order valence-corrected chi connectivity index (χ3v) is 3.88. The highest BCUT2D eigenvalue weighted by Gasteiger charge is 2.22. The Kier molecular flexibility index (Phi) is 8.76. The molecule has 0 amide bonds. The van der Waals surface area contributed by atoms with Gasteiger partial charge in [-0.1, -0.05) is 27.7 Å². The van der Waals surface area contributed by atoms with Gasteiger partial charge < -0.3 is 10.2 Å². The summed E-state index contributed by atoms with van der Waals surface area (Å²) in [7, 11) is -3.72. The van der Waals surface area contributed by atoms with Gasteiger partial charge in [-0.05, 0) is 24.7 Å². The maximum Gasteiger partial charge on any atom is 0.277 e. The van der Waals surface area contributed by atoms with Crippen LogP contribution in [0.5, 0.6) is 0 Å². The summed E-state index contributed by atoms with van der Waals surface area (Å²) in [4.78, 5) is 0. The normalized spacial score (nSPS) is 16.0. The third kappa shape index (κ3) is 9.34. The van der Waals surface area contributed by atoms with Crippen molar-refractivity contribution in [2.24, 2.45) is 11.8 Å². The van der Waals surface area contributed by atoms with E-state index in [1.165, 1.54) is 0 Å². The Balaban J connectivity index is 4.51. The van der Waals surface area contributed by atoms with Crippen LogP contribution in [0, 0.1) is 11.8 Å². The lowest BCUT2D eigenvalue weighted by Gasteiger charge is -2.22. The molecule has 0 bridgehead atoms. The molecule has 0 aliphatic heterocycles. The highest BCUT2D eigenvalue weighted by atomic mass is 32.2. The van der Waals surface area contributed by atoms with Gasteiger partial charge in [-0.3, -0.25) is 0 Å². The van der Waals surface area contributed by atoms with Gasteiger partial charge in [-0.15, -0.1) is 0 Å². The van der Waals surface area contributed by atoms with Crippen molar-refractivity contribution in [1.29, 1.82) is 0 Å². The lowest BCUT2D eigenvalue weighted by atomic mass is 10.1.